The highest BCUT2D eigenvalue weighted by Gasteiger charge is 2.62. The molecule has 4 heterocycles. The largest absolute Gasteiger partial charge is 0.459 e. The third-order valence-corrected chi connectivity index (χ3v) is 6.45. The smallest absolute Gasteiger partial charge is 0.286 e. The van der Waals surface area contributed by atoms with Gasteiger partial charge in [-0.25, -0.2) is 4.39 Å². The molecule has 1 spiro atoms. The molecule has 2 aromatic rings. The minimum Gasteiger partial charge on any atom is -0.459 e. The van der Waals surface area contributed by atoms with Gasteiger partial charge in [-0.2, -0.15) is 0 Å². The number of hydrogen-bond acceptors (Lipinski definition) is 4. The van der Waals surface area contributed by atoms with Crippen LogP contribution in [0.5, 0.6) is 0 Å². The minimum atomic E-state index is -0.182. The van der Waals surface area contributed by atoms with E-state index in [0.29, 0.717) is 30.7 Å². The Kier molecular flexibility index (Phi) is 4.06. The average Bonchev–Trinajstić information content (AvgIpc) is 3.42. The van der Waals surface area contributed by atoms with Gasteiger partial charge in [0.15, 0.2) is 5.76 Å². The molecule has 1 aromatic heterocycles. The van der Waals surface area contributed by atoms with Crippen LogP contribution in [-0.2, 0) is 11.3 Å². The first-order valence-electron chi connectivity index (χ1n) is 9.60. The first kappa shape index (κ1) is 17.0. The van der Waals surface area contributed by atoms with Gasteiger partial charge in [0.05, 0.1) is 18.0 Å². The summed E-state index contributed by atoms with van der Waals surface area (Å²) >= 11 is 0. The third kappa shape index (κ3) is 2.87. The number of nitrogens with zero attached hydrogens (tertiary/aromatic N) is 1. The Morgan fingerprint density at radius 2 is 2.19 bits per heavy atom. The maximum Gasteiger partial charge on any atom is 0.286 e. The van der Waals surface area contributed by atoms with E-state index in [1.54, 1.807) is 18.2 Å². The Morgan fingerprint density at radius 3 is 3.00 bits per heavy atom. The summed E-state index contributed by atoms with van der Waals surface area (Å²) in [5.41, 5.74) is 0.599. The fourth-order valence-electron chi connectivity index (χ4n) is 5.25. The van der Waals surface area contributed by atoms with Gasteiger partial charge < -0.3 is 14.5 Å². The molecule has 2 bridgehead atoms. The fourth-order valence-corrected chi connectivity index (χ4v) is 5.25. The third-order valence-electron chi connectivity index (χ3n) is 6.45. The summed E-state index contributed by atoms with van der Waals surface area (Å²) < 4.78 is 25.6. The molecule has 0 radical (unpaired) electrons. The van der Waals surface area contributed by atoms with Crippen LogP contribution in [0, 0.1) is 17.7 Å². The van der Waals surface area contributed by atoms with Crippen LogP contribution in [0.15, 0.2) is 47.1 Å². The summed E-state index contributed by atoms with van der Waals surface area (Å²) in [6, 6.07) is 10.3. The maximum absolute atomic E-state index is 14.0. The molecule has 3 fully saturated rings. The van der Waals surface area contributed by atoms with Gasteiger partial charge >= 0.3 is 0 Å². The Hall–Kier alpha value is -2.18. The van der Waals surface area contributed by atoms with Gasteiger partial charge in [-0.3, -0.25) is 9.69 Å². The van der Waals surface area contributed by atoms with Crippen LogP contribution in [-0.4, -0.2) is 42.1 Å². The van der Waals surface area contributed by atoms with E-state index in [2.05, 4.69) is 10.2 Å². The monoisotopic (exact) mass is 370 g/mol. The number of rotatable bonds is 5. The van der Waals surface area contributed by atoms with Crippen molar-refractivity contribution in [2.24, 2.45) is 11.8 Å². The van der Waals surface area contributed by atoms with E-state index in [0.717, 1.165) is 31.5 Å². The van der Waals surface area contributed by atoms with Crippen molar-refractivity contribution in [3.8, 4) is 0 Å². The molecule has 27 heavy (non-hydrogen) atoms. The van der Waals surface area contributed by atoms with E-state index in [4.69, 9.17) is 9.15 Å². The molecule has 5 rings (SSSR count). The zero-order valence-electron chi connectivity index (χ0n) is 15.1. The fraction of sp³-hybridized carbons (Fsp3) is 0.476. The van der Waals surface area contributed by atoms with Gasteiger partial charge in [-0.1, -0.05) is 18.2 Å². The molecule has 1 aromatic carbocycles. The topological polar surface area (TPSA) is 54.7 Å². The van der Waals surface area contributed by atoms with Crippen LogP contribution in [0.4, 0.5) is 4.39 Å². The lowest BCUT2D eigenvalue weighted by Gasteiger charge is -2.29. The molecular weight excluding hydrogens is 347 g/mol. The number of amides is 1. The highest BCUT2D eigenvalue weighted by atomic mass is 19.1. The number of halogens is 1. The van der Waals surface area contributed by atoms with Crippen molar-refractivity contribution in [3.05, 3.63) is 59.8 Å². The molecule has 0 saturated carbocycles. The van der Waals surface area contributed by atoms with E-state index < -0.39 is 0 Å². The molecule has 4 atom stereocenters. The standard InChI is InChI=1S/C21H23FN2O3/c22-17-5-2-1-4-14(17)11-24-12-16-15(18-7-8-21(16,13-24)27-18)10-23-20(25)19-6-3-9-26-19/h1-6,9,15-16,18H,7-8,10-13H2,(H,23,25)/t15-,16+,18+,21+/m0/s1. The van der Waals surface area contributed by atoms with Crippen LogP contribution in [0.3, 0.4) is 0 Å². The second-order valence-electron chi connectivity index (χ2n) is 7.98. The number of likely N-dealkylation sites (tertiary alicyclic amines) is 1. The molecular formula is C21H23FN2O3. The molecule has 3 saturated heterocycles. The molecule has 3 aliphatic rings. The van der Waals surface area contributed by atoms with Gasteiger partial charge in [0.25, 0.3) is 5.91 Å². The first-order valence-corrected chi connectivity index (χ1v) is 9.60. The summed E-state index contributed by atoms with van der Waals surface area (Å²) in [4.78, 5) is 14.5. The van der Waals surface area contributed by atoms with Crippen molar-refractivity contribution in [1.29, 1.82) is 0 Å². The van der Waals surface area contributed by atoms with E-state index in [1.165, 1.54) is 12.3 Å². The number of furan rings is 1. The van der Waals surface area contributed by atoms with Gasteiger partial charge in [-0.05, 0) is 31.0 Å². The van der Waals surface area contributed by atoms with Crippen molar-refractivity contribution < 1.29 is 18.3 Å². The van der Waals surface area contributed by atoms with Crippen LogP contribution >= 0.6 is 0 Å². The predicted molar refractivity (Wildman–Crippen MR) is 96.5 cm³/mol. The van der Waals surface area contributed by atoms with E-state index in [-0.39, 0.29) is 23.4 Å². The molecule has 142 valence electrons. The zero-order chi connectivity index (χ0) is 18.4. The van der Waals surface area contributed by atoms with Crippen LogP contribution in [0.25, 0.3) is 0 Å². The van der Waals surface area contributed by atoms with E-state index >= 15 is 0 Å². The SMILES string of the molecule is O=C(NC[C@H]1[C@H]2CN(Cc3ccccc3F)C[C@]23CC[C@H]1O3)c1ccco1. The van der Waals surface area contributed by atoms with Crippen molar-refractivity contribution in [3.63, 3.8) is 0 Å². The summed E-state index contributed by atoms with van der Waals surface area (Å²) in [7, 11) is 0. The molecule has 1 N–H and O–H groups in total. The van der Waals surface area contributed by atoms with Crippen molar-refractivity contribution >= 4 is 5.91 Å². The van der Waals surface area contributed by atoms with Crippen molar-refractivity contribution in [2.75, 3.05) is 19.6 Å². The Labute approximate surface area is 157 Å². The van der Waals surface area contributed by atoms with E-state index in [1.807, 2.05) is 12.1 Å². The number of benzene rings is 1. The molecule has 1 amide bonds. The quantitative estimate of drug-likeness (QED) is 0.879. The van der Waals surface area contributed by atoms with Gasteiger partial charge in [0, 0.05) is 43.6 Å². The maximum atomic E-state index is 14.0. The lowest BCUT2D eigenvalue weighted by molar-refractivity contribution is 0.00204. The number of hydrogen-bond donors (Lipinski definition) is 1. The normalized spacial score (nSPS) is 32.0. The minimum absolute atomic E-state index is 0.129. The number of carbonyl (C=O) groups excluding carboxylic acids is 1. The summed E-state index contributed by atoms with van der Waals surface area (Å²) in [6.45, 7) is 2.91. The van der Waals surface area contributed by atoms with Gasteiger partial charge in [0.1, 0.15) is 5.82 Å². The number of carbonyl (C=O) groups is 1. The molecule has 3 aliphatic heterocycles. The number of fused-ring (bicyclic) bond motifs is 1. The lowest BCUT2D eigenvalue weighted by atomic mass is 9.73. The van der Waals surface area contributed by atoms with Crippen molar-refractivity contribution in [1.82, 2.24) is 10.2 Å². The van der Waals surface area contributed by atoms with Crippen LogP contribution < -0.4 is 5.32 Å². The number of ether oxygens (including phenoxy) is 1. The highest BCUT2D eigenvalue weighted by Crippen LogP contribution is 2.54. The molecule has 0 unspecified atom stereocenters. The molecule has 5 nitrogen and oxygen atoms in total. The molecule has 6 heteroatoms. The number of nitrogens with one attached hydrogen (secondary N) is 1. The summed E-state index contributed by atoms with van der Waals surface area (Å²) in [6.07, 6.45) is 3.80. The second kappa shape index (κ2) is 6.46. The highest BCUT2D eigenvalue weighted by molar-refractivity contribution is 5.91. The molecule has 0 aliphatic carbocycles. The van der Waals surface area contributed by atoms with Crippen LogP contribution in [0.2, 0.25) is 0 Å². The van der Waals surface area contributed by atoms with Crippen molar-refractivity contribution in [2.45, 2.75) is 31.1 Å². The first-order chi connectivity index (χ1) is 13.1. The Balaban J connectivity index is 1.26. The Bertz CT molecular complexity index is 840. The average molecular weight is 370 g/mol. The lowest BCUT2D eigenvalue weighted by Crippen LogP contribution is -2.41. The van der Waals surface area contributed by atoms with Crippen LogP contribution in [0.1, 0.15) is 29.0 Å². The summed E-state index contributed by atoms with van der Waals surface area (Å²) in [5, 5.41) is 3.00. The Morgan fingerprint density at radius 1 is 1.30 bits per heavy atom. The predicted octanol–water partition coefficient (Wildman–Crippen LogP) is 2.83. The second-order valence-corrected chi connectivity index (χ2v) is 7.98. The summed E-state index contributed by atoms with van der Waals surface area (Å²) in [5.74, 6) is 0.669. The van der Waals surface area contributed by atoms with Gasteiger partial charge in [-0.15, -0.1) is 0 Å². The zero-order valence-corrected chi connectivity index (χ0v) is 15.1. The van der Waals surface area contributed by atoms with E-state index in [9.17, 15) is 9.18 Å². The van der Waals surface area contributed by atoms with Gasteiger partial charge in [0.2, 0.25) is 0 Å².